The summed E-state index contributed by atoms with van der Waals surface area (Å²) in [4.78, 5) is 12.1. The molecule has 0 aliphatic carbocycles. The van der Waals surface area contributed by atoms with Crippen LogP contribution in [0, 0.1) is 6.92 Å². The van der Waals surface area contributed by atoms with E-state index < -0.39 is 0 Å². The molecule has 23 heavy (non-hydrogen) atoms. The van der Waals surface area contributed by atoms with E-state index >= 15 is 0 Å². The SMILES string of the molecule is CCc1ccc([C@H](CO)NCc2nc3nccc(C)c3[nH]2)cc1. The molecule has 0 radical (unpaired) electrons. The van der Waals surface area contributed by atoms with E-state index in [0.717, 1.165) is 34.5 Å². The molecule has 2 aromatic heterocycles. The van der Waals surface area contributed by atoms with Crippen molar-refractivity contribution in [3.63, 3.8) is 0 Å². The van der Waals surface area contributed by atoms with Crippen LogP contribution in [0.5, 0.6) is 0 Å². The minimum Gasteiger partial charge on any atom is -0.394 e. The van der Waals surface area contributed by atoms with Crippen molar-refractivity contribution in [2.24, 2.45) is 0 Å². The van der Waals surface area contributed by atoms with Gasteiger partial charge in [-0.1, -0.05) is 31.2 Å². The largest absolute Gasteiger partial charge is 0.394 e. The van der Waals surface area contributed by atoms with Gasteiger partial charge >= 0.3 is 0 Å². The second kappa shape index (κ2) is 6.89. The van der Waals surface area contributed by atoms with Gasteiger partial charge in [0.25, 0.3) is 0 Å². The molecular weight excluding hydrogens is 288 g/mol. The van der Waals surface area contributed by atoms with Gasteiger partial charge in [-0.05, 0) is 36.1 Å². The first-order valence-electron chi connectivity index (χ1n) is 7.94. The fourth-order valence-electron chi connectivity index (χ4n) is 2.66. The highest BCUT2D eigenvalue weighted by Gasteiger charge is 2.12. The Morgan fingerprint density at radius 1 is 1.22 bits per heavy atom. The fourth-order valence-corrected chi connectivity index (χ4v) is 2.66. The van der Waals surface area contributed by atoms with Crippen LogP contribution in [0.1, 0.15) is 35.5 Å². The zero-order chi connectivity index (χ0) is 16.2. The number of aryl methyl sites for hydroxylation is 2. The molecule has 1 aromatic carbocycles. The van der Waals surface area contributed by atoms with Gasteiger partial charge in [0.1, 0.15) is 5.82 Å². The Morgan fingerprint density at radius 2 is 2.00 bits per heavy atom. The maximum Gasteiger partial charge on any atom is 0.178 e. The molecular formula is C18H22N4O. The van der Waals surface area contributed by atoms with Gasteiger partial charge in [-0.25, -0.2) is 9.97 Å². The molecule has 0 amide bonds. The van der Waals surface area contributed by atoms with Gasteiger partial charge in [-0.2, -0.15) is 0 Å². The molecule has 5 heteroatoms. The van der Waals surface area contributed by atoms with Crippen LogP contribution < -0.4 is 5.32 Å². The van der Waals surface area contributed by atoms with Gasteiger partial charge < -0.3 is 15.4 Å². The first-order valence-corrected chi connectivity index (χ1v) is 7.94. The zero-order valence-corrected chi connectivity index (χ0v) is 13.5. The summed E-state index contributed by atoms with van der Waals surface area (Å²) in [6, 6.07) is 10.2. The number of aliphatic hydroxyl groups excluding tert-OH is 1. The van der Waals surface area contributed by atoms with Crippen molar-refractivity contribution in [3.8, 4) is 0 Å². The highest BCUT2D eigenvalue weighted by atomic mass is 16.3. The van der Waals surface area contributed by atoms with Crippen molar-refractivity contribution in [2.45, 2.75) is 32.9 Å². The molecule has 0 bridgehead atoms. The Labute approximate surface area is 135 Å². The van der Waals surface area contributed by atoms with Gasteiger partial charge in [0.05, 0.1) is 24.7 Å². The van der Waals surface area contributed by atoms with Crippen LogP contribution in [0.3, 0.4) is 0 Å². The van der Waals surface area contributed by atoms with Crippen molar-refractivity contribution in [3.05, 3.63) is 59.0 Å². The third kappa shape index (κ3) is 3.41. The average Bonchev–Trinajstić information content (AvgIpc) is 3.00. The Morgan fingerprint density at radius 3 is 2.65 bits per heavy atom. The Bertz CT molecular complexity index is 779. The van der Waals surface area contributed by atoms with Gasteiger partial charge in [0.15, 0.2) is 5.65 Å². The van der Waals surface area contributed by atoms with E-state index in [4.69, 9.17) is 0 Å². The summed E-state index contributed by atoms with van der Waals surface area (Å²) in [6.45, 7) is 4.76. The Hall–Kier alpha value is -2.24. The van der Waals surface area contributed by atoms with Crippen molar-refractivity contribution in [1.29, 1.82) is 0 Å². The molecule has 1 atom stereocenters. The number of nitrogens with zero attached hydrogens (tertiary/aromatic N) is 2. The second-order valence-electron chi connectivity index (χ2n) is 5.72. The Kier molecular flexibility index (Phi) is 4.69. The lowest BCUT2D eigenvalue weighted by Gasteiger charge is -2.16. The van der Waals surface area contributed by atoms with Crippen LogP contribution in [-0.4, -0.2) is 26.7 Å². The molecule has 0 unspecified atom stereocenters. The van der Waals surface area contributed by atoms with Crippen LogP contribution in [0.25, 0.3) is 11.2 Å². The molecule has 3 N–H and O–H groups in total. The van der Waals surface area contributed by atoms with Crippen molar-refractivity contribution >= 4 is 11.2 Å². The second-order valence-corrected chi connectivity index (χ2v) is 5.72. The maximum atomic E-state index is 9.66. The highest BCUT2D eigenvalue weighted by molar-refractivity contribution is 5.74. The summed E-state index contributed by atoms with van der Waals surface area (Å²) < 4.78 is 0. The standard InChI is InChI=1S/C18H22N4O/c1-3-13-4-6-14(7-5-13)15(11-23)20-10-16-21-17-12(2)8-9-19-18(17)22-16/h4-9,15,20,23H,3,10-11H2,1-2H3,(H,19,21,22)/t15-/m0/s1. The number of rotatable bonds is 6. The van der Waals surface area contributed by atoms with Crippen LogP contribution in [0.15, 0.2) is 36.5 Å². The predicted octanol–water partition coefficient (Wildman–Crippen LogP) is 2.65. The van der Waals surface area contributed by atoms with E-state index in [9.17, 15) is 5.11 Å². The molecule has 0 spiro atoms. The van der Waals surface area contributed by atoms with E-state index in [-0.39, 0.29) is 12.6 Å². The highest BCUT2D eigenvalue weighted by Crippen LogP contribution is 2.16. The number of pyridine rings is 1. The summed E-state index contributed by atoms with van der Waals surface area (Å²) >= 11 is 0. The third-order valence-corrected chi connectivity index (χ3v) is 4.14. The fraction of sp³-hybridized carbons (Fsp3) is 0.333. The Balaban J connectivity index is 1.72. The van der Waals surface area contributed by atoms with Gasteiger partial charge in [-0.3, -0.25) is 0 Å². The van der Waals surface area contributed by atoms with Gasteiger partial charge in [0, 0.05) is 6.20 Å². The number of aromatic nitrogens is 3. The van der Waals surface area contributed by atoms with Crippen LogP contribution >= 0.6 is 0 Å². The molecule has 3 aromatic rings. The number of hydrogen-bond acceptors (Lipinski definition) is 4. The summed E-state index contributed by atoms with van der Waals surface area (Å²) in [7, 11) is 0. The van der Waals surface area contributed by atoms with E-state index in [1.165, 1.54) is 5.56 Å². The molecule has 120 valence electrons. The topological polar surface area (TPSA) is 73.8 Å². The number of nitrogens with one attached hydrogen (secondary N) is 2. The van der Waals surface area contributed by atoms with Crippen LogP contribution in [0.2, 0.25) is 0 Å². The molecule has 0 aliphatic heterocycles. The summed E-state index contributed by atoms with van der Waals surface area (Å²) in [5.41, 5.74) is 5.20. The molecule has 0 aliphatic rings. The monoisotopic (exact) mass is 310 g/mol. The lowest BCUT2D eigenvalue weighted by Crippen LogP contribution is -2.24. The number of H-pyrrole nitrogens is 1. The number of imidazole rings is 1. The first-order chi connectivity index (χ1) is 11.2. The normalized spacial score (nSPS) is 12.7. The molecule has 0 fully saturated rings. The number of aromatic amines is 1. The lowest BCUT2D eigenvalue weighted by molar-refractivity contribution is 0.243. The average molecular weight is 310 g/mol. The first kappa shape index (κ1) is 15.6. The van der Waals surface area contributed by atoms with E-state index in [0.29, 0.717) is 6.54 Å². The summed E-state index contributed by atoms with van der Waals surface area (Å²) in [6.07, 6.45) is 2.78. The van der Waals surface area contributed by atoms with Gasteiger partial charge in [0.2, 0.25) is 0 Å². The molecule has 0 saturated carbocycles. The molecule has 5 nitrogen and oxygen atoms in total. The van der Waals surface area contributed by atoms with E-state index in [1.807, 2.05) is 13.0 Å². The van der Waals surface area contributed by atoms with E-state index in [2.05, 4.69) is 51.5 Å². The number of hydrogen-bond donors (Lipinski definition) is 3. The van der Waals surface area contributed by atoms with Crippen molar-refractivity contribution in [1.82, 2.24) is 20.3 Å². The van der Waals surface area contributed by atoms with E-state index in [1.54, 1.807) is 6.20 Å². The quantitative estimate of drug-likeness (QED) is 0.654. The zero-order valence-electron chi connectivity index (χ0n) is 13.5. The maximum absolute atomic E-state index is 9.66. The smallest absolute Gasteiger partial charge is 0.178 e. The molecule has 2 heterocycles. The molecule has 3 rings (SSSR count). The summed E-state index contributed by atoms with van der Waals surface area (Å²) in [5, 5.41) is 13.0. The lowest BCUT2D eigenvalue weighted by atomic mass is 10.0. The van der Waals surface area contributed by atoms with Crippen molar-refractivity contribution in [2.75, 3.05) is 6.61 Å². The number of fused-ring (bicyclic) bond motifs is 1. The minimum atomic E-state index is -0.108. The number of benzene rings is 1. The molecule has 0 saturated heterocycles. The minimum absolute atomic E-state index is 0.0446. The van der Waals surface area contributed by atoms with Crippen LogP contribution in [-0.2, 0) is 13.0 Å². The van der Waals surface area contributed by atoms with Gasteiger partial charge in [-0.15, -0.1) is 0 Å². The summed E-state index contributed by atoms with van der Waals surface area (Å²) in [5.74, 6) is 0.824. The predicted molar refractivity (Wildman–Crippen MR) is 91.1 cm³/mol. The third-order valence-electron chi connectivity index (χ3n) is 4.14. The van der Waals surface area contributed by atoms with Crippen LogP contribution in [0.4, 0.5) is 0 Å². The number of aliphatic hydroxyl groups is 1. The van der Waals surface area contributed by atoms with Crippen molar-refractivity contribution < 1.29 is 5.11 Å².